The van der Waals surface area contributed by atoms with E-state index in [1.807, 2.05) is 0 Å². The molecule has 1 aromatic heterocycles. The van der Waals surface area contributed by atoms with Crippen molar-refractivity contribution in [2.45, 2.75) is 6.92 Å². The first kappa shape index (κ1) is 16.5. The highest BCUT2D eigenvalue weighted by molar-refractivity contribution is 7.08. The van der Waals surface area contributed by atoms with E-state index in [-0.39, 0.29) is 11.8 Å². The predicted octanol–water partition coefficient (Wildman–Crippen LogP) is 4.11. The van der Waals surface area contributed by atoms with Gasteiger partial charge in [0.05, 0.1) is 16.9 Å². The van der Waals surface area contributed by atoms with Crippen LogP contribution in [-0.4, -0.2) is 21.4 Å². The van der Waals surface area contributed by atoms with E-state index in [4.69, 9.17) is 16.3 Å². The minimum Gasteiger partial charge on any atom is -0.454 e. The maximum Gasteiger partial charge on any atom is 0.269 e. The minimum atomic E-state index is -0.354. The van der Waals surface area contributed by atoms with Crippen LogP contribution < -0.4 is 15.4 Å². The summed E-state index contributed by atoms with van der Waals surface area (Å²) in [5.41, 5.74) is 1.80. The van der Waals surface area contributed by atoms with E-state index < -0.39 is 0 Å². The highest BCUT2D eigenvalue weighted by Crippen LogP contribution is 2.38. The average molecular weight is 387 g/mol. The van der Waals surface area contributed by atoms with Gasteiger partial charge in [-0.1, -0.05) is 16.1 Å². The van der Waals surface area contributed by atoms with Gasteiger partial charge < -0.3 is 15.4 Å². The number of benzene rings is 2. The molecule has 0 saturated heterocycles. The Morgan fingerprint density at radius 1 is 1.23 bits per heavy atom. The molecule has 2 amide bonds. The third-order valence-electron chi connectivity index (χ3n) is 3.75. The molecule has 0 radical (unpaired) electrons. The Kier molecular flexibility index (Phi) is 4.06. The van der Waals surface area contributed by atoms with Crippen molar-refractivity contribution in [1.29, 1.82) is 0 Å². The highest BCUT2D eigenvalue weighted by atomic mass is 35.5. The lowest BCUT2D eigenvalue weighted by atomic mass is 10.1. The van der Waals surface area contributed by atoms with Gasteiger partial charge in [0.1, 0.15) is 10.6 Å². The number of aromatic nitrogens is 2. The van der Waals surface area contributed by atoms with Gasteiger partial charge in [-0.15, -0.1) is 5.10 Å². The molecular weight excluding hydrogens is 376 g/mol. The van der Waals surface area contributed by atoms with E-state index in [1.54, 1.807) is 43.3 Å². The summed E-state index contributed by atoms with van der Waals surface area (Å²) >= 11 is 6.98. The summed E-state index contributed by atoms with van der Waals surface area (Å²) < 4.78 is 9.55. The van der Waals surface area contributed by atoms with E-state index in [0.29, 0.717) is 44.0 Å². The minimum absolute atomic E-state index is 0.300. The Morgan fingerprint density at radius 3 is 2.81 bits per heavy atom. The zero-order chi connectivity index (χ0) is 18.3. The van der Waals surface area contributed by atoms with Crippen LogP contribution >= 0.6 is 23.1 Å². The van der Waals surface area contributed by atoms with Gasteiger partial charge in [-0.3, -0.25) is 9.59 Å². The van der Waals surface area contributed by atoms with Crippen LogP contribution in [0.25, 0.3) is 0 Å². The Labute approximate surface area is 157 Å². The summed E-state index contributed by atoms with van der Waals surface area (Å²) in [6, 6.07) is 9.82. The van der Waals surface area contributed by atoms with E-state index in [0.717, 1.165) is 11.5 Å². The normalized spacial score (nSPS) is 12.3. The molecule has 0 unspecified atom stereocenters. The molecule has 0 spiro atoms. The molecule has 2 aromatic carbocycles. The molecule has 1 aliphatic rings. The fraction of sp³-hybridized carbons (Fsp3) is 0.0588. The number of rotatable bonds is 2. The molecule has 3 aromatic rings. The lowest BCUT2D eigenvalue weighted by Crippen LogP contribution is -2.14. The molecule has 0 saturated carbocycles. The third-order valence-corrected chi connectivity index (χ3v) is 4.81. The monoisotopic (exact) mass is 386 g/mol. The first-order valence-corrected chi connectivity index (χ1v) is 8.69. The van der Waals surface area contributed by atoms with Gasteiger partial charge in [0.2, 0.25) is 0 Å². The van der Waals surface area contributed by atoms with Crippen LogP contribution in [0.15, 0.2) is 36.4 Å². The second-order valence-electron chi connectivity index (χ2n) is 5.55. The molecule has 130 valence electrons. The molecular formula is C17H11ClN4O3S. The van der Waals surface area contributed by atoms with Crippen molar-refractivity contribution in [2.24, 2.45) is 0 Å². The van der Waals surface area contributed by atoms with E-state index in [2.05, 4.69) is 20.2 Å². The second-order valence-corrected chi connectivity index (χ2v) is 6.74. The number of nitrogens with zero attached hydrogens (tertiary/aromatic N) is 2. The smallest absolute Gasteiger partial charge is 0.269 e. The first-order chi connectivity index (χ1) is 12.5. The van der Waals surface area contributed by atoms with E-state index in [1.165, 1.54) is 0 Å². The summed E-state index contributed by atoms with van der Waals surface area (Å²) in [6.07, 6.45) is 0. The van der Waals surface area contributed by atoms with Gasteiger partial charge in [0, 0.05) is 10.7 Å². The number of aryl methyl sites for hydroxylation is 1. The topological polar surface area (TPSA) is 93.2 Å². The zero-order valence-corrected chi connectivity index (χ0v) is 14.9. The quantitative estimate of drug-likeness (QED) is 0.691. The van der Waals surface area contributed by atoms with E-state index >= 15 is 0 Å². The van der Waals surface area contributed by atoms with Gasteiger partial charge >= 0.3 is 0 Å². The molecule has 4 rings (SSSR count). The van der Waals surface area contributed by atoms with Crippen molar-refractivity contribution in [3.63, 3.8) is 0 Å². The van der Waals surface area contributed by atoms with Gasteiger partial charge in [-0.2, -0.15) is 0 Å². The molecule has 9 heteroatoms. The SMILES string of the molecule is Cc1nnsc1C(=O)Nc1ccc2c(c1)C(=O)Nc1cc(Cl)ccc1O2. The summed E-state index contributed by atoms with van der Waals surface area (Å²) in [4.78, 5) is 25.3. The fourth-order valence-electron chi connectivity index (χ4n) is 2.50. The second kappa shape index (κ2) is 6.40. The zero-order valence-electron chi connectivity index (χ0n) is 13.4. The standard InChI is InChI=1S/C17H11ClN4O3S/c1-8-15(26-22-21-8)17(24)19-10-3-5-13-11(7-10)16(23)20-12-6-9(18)2-4-14(12)25-13/h2-7H,1H3,(H,19,24)(H,20,23). The first-order valence-electron chi connectivity index (χ1n) is 7.54. The van der Waals surface area contributed by atoms with Gasteiger partial charge in [0.25, 0.3) is 11.8 Å². The number of anilines is 2. The Hall–Kier alpha value is -2.97. The highest BCUT2D eigenvalue weighted by Gasteiger charge is 2.22. The van der Waals surface area contributed by atoms with Crippen molar-refractivity contribution < 1.29 is 14.3 Å². The maximum atomic E-state index is 12.5. The largest absolute Gasteiger partial charge is 0.454 e. The lowest BCUT2D eigenvalue weighted by molar-refractivity contribution is 0.101. The number of carbonyl (C=O) groups is 2. The van der Waals surface area contributed by atoms with Crippen LogP contribution in [0, 0.1) is 6.92 Å². The fourth-order valence-corrected chi connectivity index (χ4v) is 3.22. The lowest BCUT2D eigenvalue weighted by Gasteiger charge is -2.09. The van der Waals surface area contributed by atoms with Gasteiger partial charge in [-0.25, -0.2) is 0 Å². The predicted molar refractivity (Wildman–Crippen MR) is 98.5 cm³/mol. The number of ether oxygens (including phenoxy) is 1. The van der Waals surface area contributed by atoms with Crippen molar-refractivity contribution in [3.8, 4) is 11.5 Å². The van der Waals surface area contributed by atoms with Crippen molar-refractivity contribution in [1.82, 2.24) is 9.59 Å². The summed E-state index contributed by atoms with van der Waals surface area (Å²) in [6.45, 7) is 1.71. The molecule has 0 fully saturated rings. The van der Waals surface area contributed by atoms with E-state index in [9.17, 15) is 9.59 Å². The number of carbonyl (C=O) groups excluding carboxylic acids is 2. The molecule has 7 nitrogen and oxygen atoms in total. The molecule has 0 bridgehead atoms. The third kappa shape index (κ3) is 3.00. The van der Waals surface area contributed by atoms with Crippen LogP contribution in [0.4, 0.5) is 11.4 Å². The molecule has 26 heavy (non-hydrogen) atoms. The number of amides is 2. The van der Waals surface area contributed by atoms with Crippen molar-refractivity contribution in [3.05, 3.63) is 57.6 Å². The van der Waals surface area contributed by atoms with Crippen LogP contribution in [0.2, 0.25) is 5.02 Å². The summed E-state index contributed by atoms with van der Waals surface area (Å²) in [5.74, 6) is 0.192. The Bertz CT molecular complexity index is 1050. The molecule has 2 heterocycles. The molecule has 0 aliphatic carbocycles. The number of hydrogen-bond acceptors (Lipinski definition) is 6. The van der Waals surface area contributed by atoms with Crippen molar-refractivity contribution >= 4 is 46.3 Å². The number of nitrogens with one attached hydrogen (secondary N) is 2. The van der Waals surface area contributed by atoms with Crippen LogP contribution in [0.5, 0.6) is 11.5 Å². The molecule has 1 aliphatic heterocycles. The van der Waals surface area contributed by atoms with Crippen LogP contribution in [-0.2, 0) is 0 Å². The maximum absolute atomic E-state index is 12.5. The van der Waals surface area contributed by atoms with Crippen LogP contribution in [0.3, 0.4) is 0 Å². The number of fused-ring (bicyclic) bond motifs is 2. The Balaban J connectivity index is 1.64. The van der Waals surface area contributed by atoms with Gasteiger partial charge in [-0.05, 0) is 54.9 Å². The Morgan fingerprint density at radius 2 is 2.04 bits per heavy atom. The van der Waals surface area contributed by atoms with Crippen LogP contribution in [0.1, 0.15) is 25.7 Å². The average Bonchev–Trinajstić information content (AvgIpc) is 2.98. The summed E-state index contributed by atoms with van der Waals surface area (Å²) in [7, 11) is 0. The van der Waals surface area contributed by atoms with Gasteiger partial charge in [0.15, 0.2) is 5.75 Å². The number of hydrogen-bond donors (Lipinski definition) is 2. The number of halogens is 1. The summed E-state index contributed by atoms with van der Waals surface area (Å²) in [5, 5.41) is 9.80. The van der Waals surface area contributed by atoms with Crippen molar-refractivity contribution in [2.75, 3.05) is 10.6 Å². The molecule has 0 atom stereocenters. The molecule has 2 N–H and O–H groups in total.